The summed E-state index contributed by atoms with van der Waals surface area (Å²) in [6, 6.07) is 16.1. The number of rotatable bonds is 6. The number of aryl methyl sites for hydroxylation is 1. The smallest absolute Gasteiger partial charge is 0.119 e. The fourth-order valence-corrected chi connectivity index (χ4v) is 2.30. The third kappa shape index (κ3) is 4.66. The van der Waals surface area contributed by atoms with E-state index in [1.165, 1.54) is 5.56 Å². The van der Waals surface area contributed by atoms with Crippen molar-refractivity contribution in [2.24, 2.45) is 0 Å². The average molecular weight is 335 g/mol. The van der Waals surface area contributed by atoms with Crippen LogP contribution in [0.3, 0.4) is 0 Å². The van der Waals surface area contributed by atoms with Crippen molar-refractivity contribution in [3.05, 3.63) is 64.1 Å². The van der Waals surface area contributed by atoms with Crippen LogP contribution in [-0.4, -0.2) is 11.2 Å². The third-order valence-corrected chi connectivity index (χ3v) is 3.90. The second kappa shape index (κ2) is 7.46. The van der Waals surface area contributed by atoms with Crippen LogP contribution in [0.5, 0.6) is 5.75 Å². The molecule has 1 unspecified atom stereocenters. The molecule has 3 heteroatoms. The van der Waals surface area contributed by atoms with Crippen LogP contribution in [0.25, 0.3) is 0 Å². The van der Waals surface area contributed by atoms with E-state index in [-0.39, 0.29) is 6.10 Å². The van der Waals surface area contributed by atoms with E-state index in [2.05, 4.69) is 28.1 Å². The second-order valence-electron chi connectivity index (χ2n) is 4.91. The molecule has 0 spiro atoms. The maximum Gasteiger partial charge on any atom is 0.119 e. The monoisotopic (exact) mass is 334 g/mol. The Balaban J connectivity index is 1.89. The van der Waals surface area contributed by atoms with Gasteiger partial charge < -0.3 is 9.84 Å². The van der Waals surface area contributed by atoms with E-state index in [0.29, 0.717) is 6.61 Å². The fraction of sp³-hybridized carbons (Fsp3) is 0.294. The Bertz CT molecular complexity index is 535. The number of hydrogen-bond donors (Lipinski definition) is 1. The first kappa shape index (κ1) is 15.1. The normalized spacial score (nSPS) is 12.2. The van der Waals surface area contributed by atoms with Crippen LogP contribution in [0.4, 0.5) is 0 Å². The summed E-state index contributed by atoms with van der Waals surface area (Å²) in [5.41, 5.74) is 2.35. The van der Waals surface area contributed by atoms with Crippen molar-refractivity contribution in [2.75, 3.05) is 0 Å². The van der Waals surface area contributed by atoms with Crippen molar-refractivity contribution in [3.8, 4) is 5.75 Å². The van der Waals surface area contributed by atoms with Gasteiger partial charge >= 0.3 is 0 Å². The van der Waals surface area contributed by atoms with Gasteiger partial charge in [-0.2, -0.15) is 0 Å². The minimum atomic E-state index is -0.249. The molecule has 106 valence electrons. The van der Waals surface area contributed by atoms with Gasteiger partial charge in [0.2, 0.25) is 0 Å². The summed E-state index contributed by atoms with van der Waals surface area (Å²) in [6.45, 7) is 2.36. The number of benzene rings is 2. The van der Waals surface area contributed by atoms with E-state index in [4.69, 9.17) is 4.74 Å². The second-order valence-corrected chi connectivity index (χ2v) is 5.77. The van der Waals surface area contributed by atoms with Crippen LogP contribution in [0.15, 0.2) is 53.0 Å². The van der Waals surface area contributed by atoms with Crippen LogP contribution in [0.2, 0.25) is 0 Å². The van der Waals surface area contributed by atoms with Crippen LogP contribution in [0.1, 0.15) is 24.5 Å². The Morgan fingerprint density at radius 3 is 2.45 bits per heavy atom. The zero-order valence-corrected chi connectivity index (χ0v) is 13.1. The first-order valence-corrected chi connectivity index (χ1v) is 7.57. The molecule has 1 N–H and O–H groups in total. The molecule has 2 rings (SSSR count). The Labute approximate surface area is 128 Å². The van der Waals surface area contributed by atoms with Gasteiger partial charge in [0.1, 0.15) is 12.4 Å². The van der Waals surface area contributed by atoms with Crippen molar-refractivity contribution in [2.45, 2.75) is 32.5 Å². The summed E-state index contributed by atoms with van der Waals surface area (Å²) in [4.78, 5) is 0. The predicted molar refractivity (Wildman–Crippen MR) is 84.9 cm³/mol. The molecule has 0 radical (unpaired) electrons. The van der Waals surface area contributed by atoms with E-state index < -0.39 is 0 Å². The summed E-state index contributed by atoms with van der Waals surface area (Å²) in [5, 5.41) is 9.28. The molecule has 20 heavy (non-hydrogen) atoms. The Hall–Kier alpha value is -1.32. The van der Waals surface area contributed by atoms with E-state index in [1.54, 1.807) is 0 Å². The summed E-state index contributed by atoms with van der Waals surface area (Å²) in [6.07, 6.45) is 1.43. The molecule has 0 saturated heterocycles. The number of aliphatic hydroxyl groups is 1. The first-order chi connectivity index (χ1) is 9.65. The number of aliphatic hydroxyl groups excluding tert-OH is 1. The molecule has 2 nitrogen and oxygen atoms in total. The Kier molecular flexibility index (Phi) is 5.62. The molecule has 2 aromatic carbocycles. The van der Waals surface area contributed by atoms with Crippen LogP contribution in [0, 0.1) is 0 Å². The van der Waals surface area contributed by atoms with Gasteiger partial charge in [0.15, 0.2) is 0 Å². The molecule has 0 saturated carbocycles. The van der Waals surface area contributed by atoms with Gasteiger partial charge in [-0.3, -0.25) is 0 Å². The van der Waals surface area contributed by atoms with Gasteiger partial charge in [0.05, 0.1) is 6.10 Å². The van der Waals surface area contributed by atoms with Gasteiger partial charge in [-0.1, -0.05) is 46.3 Å². The van der Waals surface area contributed by atoms with Crippen LogP contribution >= 0.6 is 15.9 Å². The highest BCUT2D eigenvalue weighted by Crippen LogP contribution is 2.19. The molecule has 0 heterocycles. The van der Waals surface area contributed by atoms with Crippen molar-refractivity contribution in [1.29, 1.82) is 0 Å². The summed E-state index contributed by atoms with van der Waals surface area (Å²) in [7, 11) is 0. The standard InChI is InChI=1S/C17H19BrO2/c1-13(19)6-7-14-8-10-16(11-9-14)20-12-15-4-2-3-5-17(15)18/h2-5,8-11,13,19H,6-7,12H2,1H3. The number of halogens is 1. The van der Waals surface area contributed by atoms with Gasteiger partial charge in [-0.05, 0) is 43.5 Å². The van der Waals surface area contributed by atoms with E-state index in [1.807, 2.05) is 43.3 Å². The molecular formula is C17H19BrO2. The maximum atomic E-state index is 9.28. The van der Waals surface area contributed by atoms with Crippen molar-refractivity contribution < 1.29 is 9.84 Å². The van der Waals surface area contributed by atoms with Gasteiger partial charge in [-0.25, -0.2) is 0 Å². The highest BCUT2D eigenvalue weighted by Gasteiger charge is 2.01. The SMILES string of the molecule is CC(O)CCc1ccc(OCc2ccccc2Br)cc1. The lowest BCUT2D eigenvalue weighted by atomic mass is 10.1. The molecule has 0 bridgehead atoms. The van der Waals surface area contributed by atoms with Crippen molar-refractivity contribution >= 4 is 15.9 Å². The van der Waals surface area contributed by atoms with Crippen LogP contribution in [-0.2, 0) is 13.0 Å². The molecule has 0 aliphatic heterocycles. The molecule has 0 fully saturated rings. The molecule has 0 aliphatic carbocycles. The summed E-state index contributed by atoms with van der Waals surface area (Å²) >= 11 is 3.51. The molecule has 0 aliphatic rings. The minimum absolute atomic E-state index is 0.249. The molecule has 0 amide bonds. The molecule has 1 atom stereocenters. The van der Waals surface area contributed by atoms with Crippen molar-refractivity contribution in [3.63, 3.8) is 0 Å². The fourth-order valence-electron chi connectivity index (χ4n) is 1.90. The summed E-state index contributed by atoms with van der Waals surface area (Å²) in [5.74, 6) is 0.863. The molecular weight excluding hydrogens is 316 g/mol. The minimum Gasteiger partial charge on any atom is -0.489 e. The number of ether oxygens (including phenoxy) is 1. The van der Waals surface area contributed by atoms with E-state index >= 15 is 0 Å². The Morgan fingerprint density at radius 1 is 1.10 bits per heavy atom. The highest BCUT2D eigenvalue weighted by molar-refractivity contribution is 9.10. The predicted octanol–water partition coefficient (Wildman–Crippen LogP) is 4.34. The lowest BCUT2D eigenvalue weighted by Crippen LogP contribution is -2.01. The van der Waals surface area contributed by atoms with E-state index in [9.17, 15) is 5.11 Å². The molecule has 0 aromatic heterocycles. The van der Waals surface area contributed by atoms with Gasteiger partial charge in [0, 0.05) is 10.0 Å². The summed E-state index contributed by atoms with van der Waals surface area (Å²) < 4.78 is 6.84. The van der Waals surface area contributed by atoms with E-state index in [0.717, 1.165) is 28.6 Å². The zero-order chi connectivity index (χ0) is 14.4. The lowest BCUT2D eigenvalue weighted by molar-refractivity contribution is 0.185. The zero-order valence-electron chi connectivity index (χ0n) is 11.6. The topological polar surface area (TPSA) is 29.5 Å². The van der Waals surface area contributed by atoms with Crippen LogP contribution < -0.4 is 4.74 Å². The number of hydrogen-bond acceptors (Lipinski definition) is 2. The average Bonchev–Trinajstić information content (AvgIpc) is 2.45. The maximum absolute atomic E-state index is 9.28. The van der Waals surface area contributed by atoms with Gasteiger partial charge in [0.25, 0.3) is 0 Å². The quantitative estimate of drug-likeness (QED) is 0.851. The van der Waals surface area contributed by atoms with Crippen molar-refractivity contribution in [1.82, 2.24) is 0 Å². The van der Waals surface area contributed by atoms with Gasteiger partial charge in [-0.15, -0.1) is 0 Å². The largest absolute Gasteiger partial charge is 0.489 e. The molecule has 2 aromatic rings. The highest BCUT2D eigenvalue weighted by atomic mass is 79.9. The lowest BCUT2D eigenvalue weighted by Gasteiger charge is -2.09. The third-order valence-electron chi connectivity index (χ3n) is 3.13. The first-order valence-electron chi connectivity index (χ1n) is 6.78. The Morgan fingerprint density at radius 2 is 1.80 bits per heavy atom.